The van der Waals surface area contributed by atoms with Crippen molar-refractivity contribution in [2.24, 2.45) is 5.73 Å². The van der Waals surface area contributed by atoms with Gasteiger partial charge in [0.05, 0.1) is 17.3 Å². The third-order valence-electron chi connectivity index (χ3n) is 2.56. The van der Waals surface area contributed by atoms with Crippen LogP contribution < -0.4 is 11.1 Å². The number of likely N-dealkylation sites (tertiary alicyclic amines) is 1. The van der Waals surface area contributed by atoms with E-state index >= 15 is 0 Å². The Bertz CT molecular complexity index is 433. The Balaban J connectivity index is 1.91. The summed E-state index contributed by atoms with van der Waals surface area (Å²) < 4.78 is 0. The topological polar surface area (TPSA) is 58.4 Å². The molecule has 0 radical (unpaired) electrons. The summed E-state index contributed by atoms with van der Waals surface area (Å²) >= 11 is 11.8. The van der Waals surface area contributed by atoms with E-state index in [0.717, 1.165) is 13.1 Å². The Hall–Kier alpha value is -0.810. The van der Waals surface area contributed by atoms with Crippen LogP contribution in [0.1, 0.15) is 0 Å². The molecular weight excluding hydrogens is 261 g/mol. The van der Waals surface area contributed by atoms with Crippen LogP contribution in [0.25, 0.3) is 0 Å². The molecule has 0 unspecified atom stereocenters. The minimum atomic E-state index is -0.110. The van der Waals surface area contributed by atoms with Gasteiger partial charge in [-0.25, -0.2) is 0 Å². The average Bonchev–Trinajstić information content (AvgIpc) is 2.21. The molecule has 0 spiro atoms. The molecule has 0 aliphatic carbocycles. The molecule has 1 aliphatic heterocycles. The van der Waals surface area contributed by atoms with Gasteiger partial charge in [0, 0.05) is 24.2 Å². The van der Waals surface area contributed by atoms with Gasteiger partial charge in [-0.2, -0.15) is 0 Å². The van der Waals surface area contributed by atoms with Crippen molar-refractivity contribution in [3.63, 3.8) is 0 Å². The van der Waals surface area contributed by atoms with Crippen molar-refractivity contribution < 1.29 is 4.79 Å². The number of nitrogens with two attached hydrogens (primary N) is 1. The third kappa shape index (κ3) is 3.33. The van der Waals surface area contributed by atoms with E-state index in [0.29, 0.717) is 22.3 Å². The standard InChI is InChI=1S/C11H13Cl2N3O/c12-7-1-2-9(13)10(3-7)15-11(17)6-16-4-8(14)5-16/h1-3,8H,4-6,14H2,(H,15,17). The number of carbonyl (C=O) groups excluding carboxylic acids is 1. The molecule has 92 valence electrons. The lowest BCUT2D eigenvalue weighted by Gasteiger charge is -2.36. The predicted molar refractivity (Wildman–Crippen MR) is 69.5 cm³/mol. The summed E-state index contributed by atoms with van der Waals surface area (Å²) in [6.07, 6.45) is 0. The minimum absolute atomic E-state index is 0.110. The molecule has 3 N–H and O–H groups in total. The number of nitrogens with zero attached hydrogens (tertiary/aromatic N) is 1. The monoisotopic (exact) mass is 273 g/mol. The Morgan fingerprint density at radius 3 is 2.82 bits per heavy atom. The van der Waals surface area contributed by atoms with Gasteiger partial charge in [-0.05, 0) is 18.2 Å². The zero-order valence-corrected chi connectivity index (χ0v) is 10.6. The van der Waals surface area contributed by atoms with Gasteiger partial charge in [0.25, 0.3) is 0 Å². The number of halogens is 2. The molecule has 4 nitrogen and oxygen atoms in total. The molecule has 6 heteroatoms. The molecule has 1 aromatic carbocycles. The lowest BCUT2D eigenvalue weighted by molar-refractivity contribution is -0.118. The minimum Gasteiger partial charge on any atom is -0.325 e. The summed E-state index contributed by atoms with van der Waals surface area (Å²) in [4.78, 5) is 13.7. The van der Waals surface area contributed by atoms with Gasteiger partial charge >= 0.3 is 0 Å². The Kier molecular flexibility index (Phi) is 3.89. The third-order valence-corrected chi connectivity index (χ3v) is 3.12. The van der Waals surface area contributed by atoms with Crippen LogP contribution >= 0.6 is 23.2 Å². The molecule has 1 heterocycles. The lowest BCUT2D eigenvalue weighted by Crippen LogP contribution is -2.57. The predicted octanol–water partition coefficient (Wildman–Crippen LogP) is 1.57. The number of nitrogens with one attached hydrogen (secondary N) is 1. The lowest BCUT2D eigenvalue weighted by atomic mass is 10.1. The molecule has 0 bridgehead atoms. The van der Waals surface area contributed by atoms with Gasteiger partial charge in [-0.15, -0.1) is 0 Å². The molecule has 2 rings (SSSR count). The molecular formula is C11H13Cl2N3O. The van der Waals surface area contributed by atoms with Crippen molar-refractivity contribution in [1.29, 1.82) is 0 Å². The zero-order valence-electron chi connectivity index (χ0n) is 9.12. The number of hydrogen-bond donors (Lipinski definition) is 2. The molecule has 1 aliphatic rings. The second-order valence-electron chi connectivity index (χ2n) is 4.13. The first kappa shape index (κ1) is 12.6. The molecule has 1 aromatic rings. The zero-order chi connectivity index (χ0) is 12.4. The first-order valence-electron chi connectivity index (χ1n) is 5.27. The molecule has 1 saturated heterocycles. The fraction of sp³-hybridized carbons (Fsp3) is 0.364. The van der Waals surface area contributed by atoms with Gasteiger partial charge in [0.15, 0.2) is 0 Å². The average molecular weight is 274 g/mol. The maximum Gasteiger partial charge on any atom is 0.238 e. The van der Waals surface area contributed by atoms with E-state index in [9.17, 15) is 4.79 Å². The van der Waals surface area contributed by atoms with Crippen LogP contribution in [0.4, 0.5) is 5.69 Å². The van der Waals surface area contributed by atoms with E-state index < -0.39 is 0 Å². The molecule has 0 atom stereocenters. The van der Waals surface area contributed by atoms with E-state index in [4.69, 9.17) is 28.9 Å². The van der Waals surface area contributed by atoms with Gasteiger partial charge in [-0.3, -0.25) is 9.69 Å². The van der Waals surface area contributed by atoms with Crippen LogP contribution in [-0.4, -0.2) is 36.5 Å². The summed E-state index contributed by atoms with van der Waals surface area (Å²) in [6, 6.07) is 5.15. The van der Waals surface area contributed by atoms with Crippen molar-refractivity contribution in [1.82, 2.24) is 4.90 Å². The molecule has 0 saturated carbocycles. The SMILES string of the molecule is NC1CN(CC(=O)Nc2cc(Cl)ccc2Cl)C1. The molecule has 1 fully saturated rings. The van der Waals surface area contributed by atoms with Crippen molar-refractivity contribution in [2.75, 3.05) is 25.0 Å². The van der Waals surface area contributed by atoms with E-state index in [2.05, 4.69) is 5.32 Å². The maximum atomic E-state index is 11.7. The molecule has 17 heavy (non-hydrogen) atoms. The Morgan fingerprint density at radius 2 is 2.18 bits per heavy atom. The molecule has 1 amide bonds. The van der Waals surface area contributed by atoms with Crippen molar-refractivity contribution in [3.8, 4) is 0 Å². The quantitative estimate of drug-likeness (QED) is 0.879. The fourth-order valence-corrected chi connectivity index (χ4v) is 2.06. The second kappa shape index (κ2) is 5.23. The van der Waals surface area contributed by atoms with Gasteiger partial charge in [0.2, 0.25) is 5.91 Å². The highest BCUT2D eigenvalue weighted by Gasteiger charge is 2.24. The highest BCUT2D eigenvalue weighted by molar-refractivity contribution is 6.35. The summed E-state index contributed by atoms with van der Waals surface area (Å²) in [5.41, 5.74) is 6.17. The normalized spacial score (nSPS) is 16.6. The van der Waals surface area contributed by atoms with E-state index in [1.807, 2.05) is 4.90 Å². The fourth-order valence-electron chi connectivity index (χ4n) is 1.73. The summed E-state index contributed by atoms with van der Waals surface area (Å²) in [5.74, 6) is -0.110. The number of rotatable bonds is 3. The van der Waals surface area contributed by atoms with E-state index in [-0.39, 0.29) is 11.9 Å². The summed E-state index contributed by atoms with van der Waals surface area (Å²) in [5, 5.41) is 3.74. The highest BCUT2D eigenvalue weighted by atomic mass is 35.5. The summed E-state index contributed by atoms with van der Waals surface area (Å²) in [7, 11) is 0. The van der Waals surface area contributed by atoms with Gasteiger partial charge in [-0.1, -0.05) is 23.2 Å². The van der Waals surface area contributed by atoms with Crippen molar-refractivity contribution in [3.05, 3.63) is 28.2 Å². The van der Waals surface area contributed by atoms with E-state index in [1.54, 1.807) is 18.2 Å². The number of amides is 1. The number of benzene rings is 1. The van der Waals surface area contributed by atoms with Crippen LogP contribution in [0.3, 0.4) is 0 Å². The van der Waals surface area contributed by atoms with Crippen LogP contribution in [0.15, 0.2) is 18.2 Å². The van der Waals surface area contributed by atoms with Crippen LogP contribution in [0.5, 0.6) is 0 Å². The highest BCUT2D eigenvalue weighted by Crippen LogP contribution is 2.25. The largest absolute Gasteiger partial charge is 0.325 e. The first-order valence-corrected chi connectivity index (χ1v) is 6.03. The molecule has 0 aromatic heterocycles. The Morgan fingerprint density at radius 1 is 1.47 bits per heavy atom. The van der Waals surface area contributed by atoms with E-state index in [1.165, 1.54) is 0 Å². The maximum absolute atomic E-state index is 11.7. The van der Waals surface area contributed by atoms with Crippen LogP contribution in [0, 0.1) is 0 Å². The first-order chi connectivity index (χ1) is 8.04. The number of anilines is 1. The van der Waals surface area contributed by atoms with Gasteiger partial charge in [0.1, 0.15) is 0 Å². The number of hydrogen-bond acceptors (Lipinski definition) is 3. The van der Waals surface area contributed by atoms with Crippen molar-refractivity contribution in [2.45, 2.75) is 6.04 Å². The Labute approximate surface area is 110 Å². The van der Waals surface area contributed by atoms with Gasteiger partial charge < -0.3 is 11.1 Å². The second-order valence-corrected chi connectivity index (χ2v) is 4.97. The number of carbonyl (C=O) groups is 1. The van der Waals surface area contributed by atoms with Crippen LogP contribution in [0.2, 0.25) is 10.0 Å². The van der Waals surface area contributed by atoms with Crippen LogP contribution in [-0.2, 0) is 4.79 Å². The van der Waals surface area contributed by atoms with Crippen molar-refractivity contribution >= 4 is 34.8 Å². The smallest absolute Gasteiger partial charge is 0.238 e. The summed E-state index contributed by atoms with van der Waals surface area (Å²) in [6.45, 7) is 1.85.